The summed E-state index contributed by atoms with van der Waals surface area (Å²) in [4.78, 5) is 54.6. The van der Waals surface area contributed by atoms with Crippen LogP contribution >= 0.6 is 34.8 Å². The van der Waals surface area contributed by atoms with Crippen LogP contribution in [0.3, 0.4) is 0 Å². The van der Waals surface area contributed by atoms with Gasteiger partial charge in [0.1, 0.15) is 45.8 Å². The van der Waals surface area contributed by atoms with Gasteiger partial charge in [0.05, 0.1) is 70.9 Å². The van der Waals surface area contributed by atoms with Crippen LogP contribution in [0.5, 0.6) is 11.5 Å². The first-order valence-electron chi connectivity index (χ1n) is 24.8. The Balaban J connectivity index is 0.000000404. The van der Waals surface area contributed by atoms with Gasteiger partial charge in [0, 0.05) is 63.5 Å². The van der Waals surface area contributed by atoms with Crippen LogP contribution in [0.15, 0.2) is 74.4 Å². The number of aromatic nitrogens is 6. The third kappa shape index (κ3) is 19.6. The summed E-state index contributed by atoms with van der Waals surface area (Å²) in [5.41, 5.74) is 5.63. The summed E-state index contributed by atoms with van der Waals surface area (Å²) in [7, 11) is 14.8. The maximum absolute atomic E-state index is 14.8. The molecular formula is C55H71Cl3F4N16O6. The van der Waals surface area contributed by atoms with Crippen LogP contribution in [-0.2, 0) is 20.8 Å². The molecule has 22 nitrogen and oxygen atoms in total. The number of nitrogen functional groups attached to an aromatic ring is 1. The Morgan fingerprint density at radius 1 is 0.607 bits per heavy atom. The van der Waals surface area contributed by atoms with Crippen molar-refractivity contribution < 1.29 is 46.8 Å². The van der Waals surface area contributed by atoms with Gasteiger partial charge in [-0.15, -0.1) is 0 Å². The van der Waals surface area contributed by atoms with Gasteiger partial charge in [0.25, 0.3) is 0 Å². The highest BCUT2D eigenvalue weighted by atomic mass is 35.5. The highest BCUT2D eigenvalue weighted by molar-refractivity contribution is 6.66. The molecule has 2 heterocycles. The van der Waals surface area contributed by atoms with Crippen LogP contribution in [0.2, 0.25) is 10.0 Å². The predicted molar refractivity (Wildman–Crippen MR) is 327 cm³/mol. The van der Waals surface area contributed by atoms with Gasteiger partial charge in [0.2, 0.25) is 34.9 Å². The van der Waals surface area contributed by atoms with E-state index in [-0.39, 0.29) is 53.7 Å². The fourth-order valence-corrected chi connectivity index (χ4v) is 7.76. The number of nitrogens with one attached hydrogen (secondary N) is 5. The lowest BCUT2D eigenvalue weighted by Crippen LogP contribution is -2.29. The maximum atomic E-state index is 14.8. The molecule has 6 rings (SSSR count). The van der Waals surface area contributed by atoms with E-state index in [2.05, 4.69) is 74.5 Å². The molecular weight excluding hydrogens is 1160 g/mol. The number of benzene rings is 4. The minimum atomic E-state index is -1.71. The number of carbonyl (C=O) groups excluding carboxylic acids is 2. The number of halogens is 7. The van der Waals surface area contributed by atoms with Crippen LogP contribution < -0.4 is 51.6 Å². The molecule has 0 bridgehead atoms. The fourth-order valence-electron chi connectivity index (χ4n) is 7.46. The number of anilines is 12. The number of allylic oxidation sites excluding steroid dienone is 1. The topological polar surface area (TPSA) is 270 Å². The molecule has 0 aliphatic carbocycles. The zero-order valence-corrected chi connectivity index (χ0v) is 50.0. The number of methoxy groups -OCH3 is 2. The average molecular weight is 1230 g/mol. The normalized spacial score (nSPS) is 11.0. The number of carbonyl (C=O) groups is 2. The van der Waals surface area contributed by atoms with Gasteiger partial charge >= 0.3 is 0 Å². The Hall–Kier alpha value is -7.85. The molecule has 84 heavy (non-hydrogen) atoms. The van der Waals surface area contributed by atoms with E-state index in [9.17, 15) is 37.4 Å². The van der Waals surface area contributed by atoms with E-state index in [1.165, 1.54) is 54.6 Å². The molecule has 2 aromatic heterocycles. The summed E-state index contributed by atoms with van der Waals surface area (Å²) in [5.74, 6) is -3.64. The Bertz CT molecular complexity index is 3280. The van der Waals surface area contributed by atoms with E-state index < -0.39 is 55.7 Å². The van der Waals surface area contributed by atoms with E-state index in [4.69, 9.17) is 50.0 Å². The molecule has 29 heteroatoms. The second-order valence-corrected chi connectivity index (χ2v) is 20.7. The largest absolute Gasteiger partial charge is 0.494 e. The van der Waals surface area contributed by atoms with Crippen molar-refractivity contribution in [3.63, 3.8) is 0 Å². The highest BCUT2D eigenvalue weighted by Crippen LogP contribution is 2.41. The number of amides is 1. The van der Waals surface area contributed by atoms with Crippen molar-refractivity contribution in [3.8, 4) is 11.5 Å². The molecule has 0 fully saturated rings. The maximum Gasteiger partial charge on any atom is 0.247 e. The molecule has 0 spiro atoms. The summed E-state index contributed by atoms with van der Waals surface area (Å²) in [6.45, 7) is 15.0. The van der Waals surface area contributed by atoms with E-state index in [1.807, 2.05) is 63.1 Å². The predicted octanol–water partition coefficient (Wildman–Crippen LogP) is 10.3. The first-order valence-corrected chi connectivity index (χ1v) is 25.9. The lowest BCUT2D eigenvalue weighted by molar-refractivity contribution is -0.112. The Labute approximate surface area is 501 Å². The van der Waals surface area contributed by atoms with Crippen molar-refractivity contribution in [3.05, 3.63) is 119 Å². The smallest absolute Gasteiger partial charge is 0.247 e. The van der Waals surface area contributed by atoms with Crippen LogP contribution in [0.1, 0.15) is 46.2 Å². The molecule has 6 aromatic rings. The van der Waals surface area contributed by atoms with Crippen LogP contribution in [-0.4, -0.2) is 144 Å². The van der Waals surface area contributed by atoms with E-state index in [0.29, 0.717) is 46.5 Å². The lowest BCUT2D eigenvalue weighted by atomic mass is 9.95. The number of ether oxygens (including phenoxy) is 2. The fraction of sp³-hybridized carbons (Fsp3) is 0.345. The summed E-state index contributed by atoms with van der Waals surface area (Å²) in [6.07, 6.45) is 4.60. The molecule has 0 unspecified atom stereocenters. The van der Waals surface area contributed by atoms with Crippen molar-refractivity contribution in [1.29, 1.82) is 0 Å². The van der Waals surface area contributed by atoms with E-state index in [0.717, 1.165) is 49.6 Å². The Morgan fingerprint density at radius 2 is 0.964 bits per heavy atom. The molecule has 0 atom stereocenters. The molecule has 0 saturated carbocycles. The number of hydrogen-bond donors (Lipinski definition) is 8. The quantitative estimate of drug-likeness (QED) is 0.00974. The van der Waals surface area contributed by atoms with E-state index >= 15 is 0 Å². The van der Waals surface area contributed by atoms with Crippen molar-refractivity contribution in [1.82, 2.24) is 39.7 Å². The molecule has 0 aliphatic rings. The van der Waals surface area contributed by atoms with Gasteiger partial charge in [-0.3, -0.25) is 9.59 Å². The second kappa shape index (κ2) is 31.2. The van der Waals surface area contributed by atoms with Crippen LogP contribution in [0.25, 0.3) is 0 Å². The van der Waals surface area contributed by atoms with Crippen molar-refractivity contribution in [2.24, 2.45) is 0 Å². The number of nitrogens with zero attached hydrogens (tertiary/aromatic N) is 10. The van der Waals surface area contributed by atoms with Crippen molar-refractivity contribution in [2.45, 2.75) is 46.3 Å². The van der Waals surface area contributed by atoms with Gasteiger partial charge in [-0.25, -0.2) is 37.5 Å². The number of hydrogen-bond acceptors (Lipinski definition) is 21. The first kappa shape index (κ1) is 70.4. The number of aliphatic hydroxyl groups is 2. The standard InChI is InChI=1S/C27H33ClF2N8O3.C24H31ClF2N8O2.C3H3ClO.CH4/c1-8-21(39)33-16-12-17(20(41-7)13-19(16)38(6)10-9-37(4)5)34-25-31-14-32-26(36-25)35-18-11-15(29)23(28)24(30)22(18)27(2,3)40;1-24(2,36)19-16(9-13(26)20(25)21(19)27)32-23-30-12-29-22(33-23)31-15-10-14(28)17(11-18(15)37-6)35(5)8-7-34(3)4;1-2-3(4)5;/h8,11-14,40H,1,9-10H2,2-7H3,(H,33,39)(H2,31,32,34,35,36);9-12,36H,7-8,28H2,1-6H3,(H2,29,30,31,32,33);2H,1H2;1H4. The first-order chi connectivity index (χ1) is 38.8. The van der Waals surface area contributed by atoms with Crippen molar-refractivity contribution in [2.75, 3.05) is 125 Å². The van der Waals surface area contributed by atoms with Crippen LogP contribution in [0.4, 0.5) is 86.9 Å². The molecule has 456 valence electrons. The van der Waals surface area contributed by atoms with Crippen LogP contribution in [0, 0.1) is 23.3 Å². The Morgan fingerprint density at radius 3 is 1.31 bits per heavy atom. The van der Waals surface area contributed by atoms with E-state index in [1.54, 1.807) is 18.2 Å². The summed E-state index contributed by atoms with van der Waals surface area (Å²) in [6, 6.07) is 8.83. The SMILES string of the molecule is C.C=CC(=O)Cl.C=CC(=O)Nc1cc(Nc2ncnc(Nc3cc(F)c(Cl)c(F)c3C(C)(C)O)n2)c(OC)cc1N(C)CCN(C)C.COc1cc(N(C)CCN(C)C)c(N)cc1Nc1ncnc(Nc2cc(F)c(Cl)c(F)c2C(C)(C)O)n1. The molecule has 9 N–H and O–H groups in total. The summed E-state index contributed by atoms with van der Waals surface area (Å²) in [5, 5.41) is 33.3. The third-order valence-electron chi connectivity index (χ3n) is 11.5. The molecule has 0 saturated heterocycles. The van der Waals surface area contributed by atoms with Gasteiger partial charge < -0.3 is 71.6 Å². The zero-order valence-electron chi connectivity index (χ0n) is 47.7. The zero-order chi connectivity index (χ0) is 62.3. The van der Waals surface area contributed by atoms with Gasteiger partial charge in [-0.05, 0) is 104 Å². The minimum Gasteiger partial charge on any atom is -0.494 e. The van der Waals surface area contributed by atoms with Gasteiger partial charge in [0.15, 0.2) is 11.6 Å². The highest BCUT2D eigenvalue weighted by Gasteiger charge is 2.31. The third-order valence-corrected chi connectivity index (χ3v) is 12.4. The molecule has 4 aromatic carbocycles. The second-order valence-electron chi connectivity index (χ2n) is 19.5. The molecule has 0 aliphatic heterocycles. The van der Waals surface area contributed by atoms with Gasteiger partial charge in [-0.2, -0.15) is 9.97 Å². The molecule has 0 radical (unpaired) electrons. The minimum absolute atomic E-state index is 0. The Kier molecular flexibility index (Phi) is 26.1. The molecule has 1 amide bonds. The number of nitrogens with two attached hydrogens (primary N) is 1. The summed E-state index contributed by atoms with van der Waals surface area (Å²) < 4.78 is 69.1. The lowest BCUT2D eigenvalue weighted by Gasteiger charge is -2.26. The van der Waals surface area contributed by atoms with Gasteiger partial charge in [-0.1, -0.05) is 43.8 Å². The average Bonchev–Trinajstić information content (AvgIpc) is 1.59. The monoisotopic (exact) mass is 1230 g/mol. The van der Waals surface area contributed by atoms with Crippen molar-refractivity contribution >= 4 is 115 Å². The number of likely N-dealkylation sites (N-methyl/N-ethyl adjacent to an activating group) is 4. The summed E-state index contributed by atoms with van der Waals surface area (Å²) >= 11 is 16.2. The number of rotatable bonds is 23.